The number of carbonyl (C=O) groups excluding carboxylic acids is 1. The molecule has 1 amide bonds. The summed E-state index contributed by atoms with van der Waals surface area (Å²) in [6.45, 7) is 2.65. The molecule has 7 heteroatoms. The molecule has 1 N–H and O–H groups in total. The molecule has 2 fully saturated rings. The number of amides is 1. The molecule has 1 aromatic rings. The monoisotopic (exact) mass is 368 g/mol. The van der Waals surface area contributed by atoms with Gasteiger partial charge in [-0.05, 0) is 54.9 Å². The number of thioether (sulfide) groups is 1. The molecule has 24 heavy (non-hydrogen) atoms. The summed E-state index contributed by atoms with van der Waals surface area (Å²) >= 11 is 6.88. The molecule has 0 aliphatic carbocycles. The van der Waals surface area contributed by atoms with Gasteiger partial charge in [0.15, 0.2) is 0 Å². The summed E-state index contributed by atoms with van der Waals surface area (Å²) in [6.07, 6.45) is 1.30. The largest absolute Gasteiger partial charge is 0.442 e. The molecule has 1 aromatic carbocycles. The third-order valence-electron chi connectivity index (χ3n) is 4.41. The number of halogens is 1. The van der Waals surface area contributed by atoms with Crippen LogP contribution >= 0.6 is 24.0 Å². The Balaban J connectivity index is 1.69. The highest BCUT2D eigenvalue weighted by Gasteiger charge is 2.32. The zero-order valence-electron chi connectivity index (χ0n) is 13.6. The van der Waals surface area contributed by atoms with Crippen molar-refractivity contribution in [2.45, 2.75) is 31.8 Å². The normalized spacial score (nSPS) is 21.7. The molecule has 1 atom stereocenters. The summed E-state index contributed by atoms with van der Waals surface area (Å²) in [6, 6.07) is 5.10. The Morgan fingerprint density at radius 3 is 2.88 bits per heavy atom. The van der Waals surface area contributed by atoms with Crippen molar-refractivity contribution in [1.29, 1.82) is 0 Å². The second-order valence-corrected chi connectivity index (χ2v) is 7.98. The molecule has 0 radical (unpaired) electrons. The minimum Gasteiger partial charge on any atom is -0.442 e. The lowest BCUT2D eigenvalue weighted by Crippen LogP contribution is -2.32. The number of cyclic esters (lactones) is 1. The zero-order chi connectivity index (χ0) is 17.1. The van der Waals surface area contributed by atoms with E-state index in [9.17, 15) is 9.18 Å². The van der Waals surface area contributed by atoms with E-state index in [2.05, 4.69) is 5.32 Å². The van der Waals surface area contributed by atoms with Crippen LogP contribution in [0.15, 0.2) is 18.2 Å². The fourth-order valence-corrected chi connectivity index (χ4v) is 4.31. The highest BCUT2D eigenvalue weighted by atomic mass is 32.2. The molecule has 0 spiro atoms. The van der Waals surface area contributed by atoms with Gasteiger partial charge in [-0.25, -0.2) is 9.18 Å². The van der Waals surface area contributed by atoms with Crippen LogP contribution in [-0.2, 0) is 4.74 Å². The Morgan fingerprint density at radius 1 is 1.46 bits per heavy atom. The van der Waals surface area contributed by atoms with E-state index in [-0.39, 0.29) is 17.8 Å². The van der Waals surface area contributed by atoms with Gasteiger partial charge in [0, 0.05) is 0 Å². The number of carbonyl (C=O) groups is 1. The number of anilines is 1. The fraction of sp³-hybridized carbons (Fsp3) is 0.529. The van der Waals surface area contributed by atoms with E-state index in [1.54, 1.807) is 6.92 Å². The standard InChI is InChI=1S/C17H21FN2O2S2/c1-11(23)19-9-14-10-20(17(21)22-14)13-2-3-15(16(18)8-13)12-4-6-24-7-5-12/h2-3,8,12,14H,4-7,9-10H2,1H3,(H,19,23)/t14-/m0/s1. The maximum atomic E-state index is 14.6. The first-order chi connectivity index (χ1) is 11.5. The van der Waals surface area contributed by atoms with E-state index in [0.717, 1.165) is 29.9 Å². The second-order valence-electron chi connectivity index (χ2n) is 6.15. The number of thiocarbonyl (C=S) groups is 1. The molecular formula is C17H21FN2O2S2. The van der Waals surface area contributed by atoms with Crippen LogP contribution in [0.1, 0.15) is 31.2 Å². The average molecular weight is 368 g/mol. The molecule has 0 aromatic heterocycles. The summed E-state index contributed by atoms with van der Waals surface area (Å²) < 4.78 is 19.9. The highest BCUT2D eigenvalue weighted by molar-refractivity contribution is 7.99. The molecule has 2 aliphatic rings. The van der Waals surface area contributed by atoms with Crippen molar-refractivity contribution in [2.75, 3.05) is 29.5 Å². The van der Waals surface area contributed by atoms with Crippen LogP contribution in [0.5, 0.6) is 0 Å². The number of rotatable bonds is 4. The Morgan fingerprint density at radius 2 is 2.21 bits per heavy atom. The van der Waals surface area contributed by atoms with Gasteiger partial charge in [-0.2, -0.15) is 11.8 Å². The lowest BCUT2D eigenvalue weighted by atomic mass is 9.93. The molecule has 2 aliphatic heterocycles. The van der Waals surface area contributed by atoms with Crippen LogP contribution in [0.2, 0.25) is 0 Å². The molecule has 2 saturated heterocycles. The lowest BCUT2D eigenvalue weighted by Gasteiger charge is -2.23. The van der Waals surface area contributed by atoms with Crippen molar-refractivity contribution in [1.82, 2.24) is 5.32 Å². The lowest BCUT2D eigenvalue weighted by molar-refractivity contribution is 0.143. The van der Waals surface area contributed by atoms with E-state index in [0.29, 0.717) is 23.8 Å². The predicted molar refractivity (Wildman–Crippen MR) is 99.6 cm³/mol. The van der Waals surface area contributed by atoms with Crippen LogP contribution in [0.25, 0.3) is 0 Å². The first-order valence-corrected chi connectivity index (χ1v) is 9.70. The van der Waals surface area contributed by atoms with Crippen LogP contribution in [0, 0.1) is 5.82 Å². The number of benzene rings is 1. The SMILES string of the molecule is CC(=S)NC[C@H]1CN(c2ccc(C3CCSCC3)c(F)c2)C(=O)O1. The summed E-state index contributed by atoms with van der Waals surface area (Å²) in [7, 11) is 0. The van der Waals surface area contributed by atoms with Crippen molar-refractivity contribution in [3.05, 3.63) is 29.6 Å². The first-order valence-electron chi connectivity index (χ1n) is 8.14. The molecule has 4 nitrogen and oxygen atoms in total. The van der Waals surface area contributed by atoms with Gasteiger partial charge in [0.2, 0.25) is 0 Å². The van der Waals surface area contributed by atoms with Gasteiger partial charge in [0.25, 0.3) is 0 Å². The van der Waals surface area contributed by atoms with Gasteiger partial charge in [0.1, 0.15) is 11.9 Å². The van der Waals surface area contributed by atoms with Gasteiger partial charge in [-0.1, -0.05) is 18.3 Å². The average Bonchev–Trinajstić information content (AvgIpc) is 2.94. The van der Waals surface area contributed by atoms with Gasteiger partial charge >= 0.3 is 6.09 Å². The fourth-order valence-electron chi connectivity index (χ4n) is 3.12. The molecule has 0 unspecified atom stereocenters. The zero-order valence-corrected chi connectivity index (χ0v) is 15.2. The Kier molecular flexibility index (Phi) is 5.61. The molecule has 3 rings (SSSR count). The number of nitrogens with one attached hydrogen (secondary N) is 1. The Bertz CT molecular complexity index is 635. The van der Waals surface area contributed by atoms with E-state index in [1.165, 1.54) is 11.0 Å². The van der Waals surface area contributed by atoms with Gasteiger partial charge in [0.05, 0.1) is 23.8 Å². The summed E-state index contributed by atoms with van der Waals surface area (Å²) in [4.78, 5) is 14.2. The molecule has 130 valence electrons. The van der Waals surface area contributed by atoms with Crippen molar-refractivity contribution in [3.63, 3.8) is 0 Å². The minimum atomic E-state index is -0.440. The first kappa shape index (κ1) is 17.5. The highest BCUT2D eigenvalue weighted by Crippen LogP contribution is 2.34. The molecule has 0 bridgehead atoms. The number of hydrogen-bond acceptors (Lipinski definition) is 4. The van der Waals surface area contributed by atoms with Crippen LogP contribution < -0.4 is 10.2 Å². The van der Waals surface area contributed by atoms with Crippen molar-refractivity contribution in [2.24, 2.45) is 0 Å². The molecule has 0 saturated carbocycles. The van der Waals surface area contributed by atoms with E-state index in [1.807, 2.05) is 23.9 Å². The molecular weight excluding hydrogens is 347 g/mol. The quantitative estimate of drug-likeness (QED) is 0.821. The third kappa shape index (κ3) is 4.00. The third-order valence-corrected chi connectivity index (χ3v) is 5.60. The van der Waals surface area contributed by atoms with Crippen LogP contribution in [0.3, 0.4) is 0 Å². The van der Waals surface area contributed by atoms with Crippen molar-refractivity contribution < 1.29 is 13.9 Å². The van der Waals surface area contributed by atoms with Gasteiger partial charge < -0.3 is 10.1 Å². The van der Waals surface area contributed by atoms with E-state index in [4.69, 9.17) is 17.0 Å². The van der Waals surface area contributed by atoms with Gasteiger partial charge in [-0.3, -0.25) is 4.90 Å². The number of hydrogen-bond donors (Lipinski definition) is 1. The number of ether oxygens (including phenoxy) is 1. The number of nitrogens with zero attached hydrogens (tertiary/aromatic N) is 1. The van der Waals surface area contributed by atoms with Crippen molar-refractivity contribution >= 4 is 40.7 Å². The summed E-state index contributed by atoms with van der Waals surface area (Å²) in [5.41, 5.74) is 1.31. The van der Waals surface area contributed by atoms with Crippen LogP contribution in [-0.4, -0.2) is 41.8 Å². The maximum Gasteiger partial charge on any atom is 0.414 e. The molecule has 2 heterocycles. The second kappa shape index (κ2) is 7.70. The summed E-state index contributed by atoms with van der Waals surface area (Å²) in [5.74, 6) is 2.22. The Hall–Kier alpha value is -1.34. The van der Waals surface area contributed by atoms with Crippen molar-refractivity contribution in [3.8, 4) is 0 Å². The predicted octanol–water partition coefficient (Wildman–Crippen LogP) is 3.70. The summed E-state index contributed by atoms with van der Waals surface area (Å²) in [5, 5.41) is 3.00. The maximum absolute atomic E-state index is 14.6. The van der Waals surface area contributed by atoms with E-state index >= 15 is 0 Å². The van der Waals surface area contributed by atoms with Crippen LogP contribution in [0.4, 0.5) is 14.9 Å². The van der Waals surface area contributed by atoms with Gasteiger partial charge in [-0.15, -0.1) is 0 Å². The topological polar surface area (TPSA) is 41.6 Å². The Labute approximate surface area is 151 Å². The van der Waals surface area contributed by atoms with E-state index < -0.39 is 6.09 Å². The smallest absolute Gasteiger partial charge is 0.414 e. The minimum absolute atomic E-state index is 0.228.